The van der Waals surface area contributed by atoms with Gasteiger partial charge in [0.05, 0.1) is 18.1 Å². The fraction of sp³-hybridized carbons (Fsp3) is 0.312. The quantitative estimate of drug-likeness (QED) is 0.731. The normalized spacial score (nSPS) is 18.8. The monoisotopic (exact) mass is 404 g/mol. The zero-order valence-electron chi connectivity index (χ0n) is 13.8. The van der Waals surface area contributed by atoms with Gasteiger partial charge in [-0.2, -0.15) is 13.2 Å². The van der Waals surface area contributed by atoms with Gasteiger partial charge >= 0.3 is 12.1 Å². The van der Waals surface area contributed by atoms with Crippen LogP contribution in [0.3, 0.4) is 0 Å². The third-order valence-corrected chi connectivity index (χ3v) is 4.24. The molecule has 0 aliphatic carbocycles. The Bertz CT molecular complexity index is 761. The molecule has 2 aliphatic rings. The molecule has 3 rings (SSSR count). The number of rotatable bonds is 2. The van der Waals surface area contributed by atoms with Crippen molar-refractivity contribution >= 4 is 40.6 Å². The molecular formula is C16H15F3N2O5S. The van der Waals surface area contributed by atoms with E-state index in [1.165, 1.54) is 0 Å². The molecule has 2 fully saturated rings. The highest BCUT2D eigenvalue weighted by Crippen LogP contribution is 2.27. The van der Waals surface area contributed by atoms with E-state index < -0.39 is 12.1 Å². The number of imide groups is 1. The molecule has 27 heavy (non-hydrogen) atoms. The Labute approximate surface area is 156 Å². The fourth-order valence-electron chi connectivity index (χ4n) is 2.21. The maximum atomic E-state index is 11.5. The van der Waals surface area contributed by atoms with Gasteiger partial charge in [-0.05, 0) is 35.5 Å². The third-order valence-electron chi connectivity index (χ3n) is 3.43. The number of anilines is 1. The zero-order chi connectivity index (χ0) is 20.0. The Morgan fingerprint density at radius 2 is 1.89 bits per heavy atom. The number of hydrogen-bond donors (Lipinski definition) is 2. The average molecular weight is 404 g/mol. The van der Waals surface area contributed by atoms with E-state index in [4.69, 9.17) is 14.6 Å². The lowest BCUT2D eigenvalue weighted by molar-refractivity contribution is -0.192. The van der Waals surface area contributed by atoms with Crippen LogP contribution in [0.25, 0.3) is 6.08 Å². The number of carboxylic acid groups (broad SMARTS) is 1. The number of ether oxygens (including phenoxy) is 1. The second-order valence-electron chi connectivity index (χ2n) is 5.35. The molecule has 0 saturated carbocycles. The Kier molecular flexibility index (Phi) is 6.86. The van der Waals surface area contributed by atoms with Crippen LogP contribution in [0.5, 0.6) is 0 Å². The highest BCUT2D eigenvalue weighted by atomic mass is 32.2. The molecule has 1 aromatic carbocycles. The largest absolute Gasteiger partial charge is 0.490 e. The number of halogens is 3. The number of carboxylic acids is 1. The fourth-order valence-corrected chi connectivity index (χ4v) is 2.89. The lowest BCUT2D eigenvalue weighted by Crippen LogP contribution is -2.36. The lowest BCUT2D eigenvalue weighted by atomic mass is 10.1. The van der Waals surface area contributed by atoms with Crippen molar-refractivity contribution in [2.24, 2.45) is 0 Å². The van der Waals surface area contributed by atoms with Crippen molar-refractivity contribution in [3.8, 4) is 0 Å². The predicted molar refractivity (Wildman–Crippen MR) is 92.3 cm³/mol. The highest BCUT2D eigenvalue weighted by molar-refractivity contribution is 8.18. The topological polar surface area (TPSA) is 95.9 Å². The summed E-state index contributed by atoms with van der Waals surface area (Å²) in [7, 11) is 0. The average Bonchev–Trinajstić information content (AvgIpc) is 2.93. The molecule has 0 spiro atoms. The van der Waals surface area contributed by atoms with Crippen molar-refractivity contribution in [3.05, 3.63) is 34.7 Å². The van der Waals surface area contributed by atoms with E-state index >= 15 is 0 Å². The van der Waals surface area contributed by atoms with E-state index in [2.05, 4.69) is 10.2 Å². The molecule has 7 nitrogen and oxygen atoms in total. The Morgan fingerprint density at radius 3 is 2.41 bits per heavy atom. The Hall–Kier alpha value is -2.53. The smallest absolute Gasteiger partial charge is 0.475 e. The second kappa shape index (κ2) is 8.91. The summed E-state index contributed by atoms with van der Waals surface area (Å²) in [6.45, 7) is 3.21. The summed E-state index contributed by atoms with van der Waals surface area (Å²) >= 11 is 0.938. The number of benzene rings is 1. The van der Waals surface area contributed by atoms with Gasteiger partial charge < -0.3 is 14.7 Å². The highest BCUT2D eigenvalue weighted by Gasteiger charge is 2.38. The van der Waals surface area contributed by atoms with Gasteiger partial charge in [0.15, 0.2) is 0 Å². The van der Waals surface area contributed by atoms with Crippen LogP contribution in [0, 0.1) is 0 Å². The minimum atomic E-state index is -5.08. The van der Waals surface area contributed by atoms with Crippen LogP contribution >= 0.6 is 11.8 Å². The van der Waals surface area contributed by atoms with Crippen LogP contribution in [0.2, 0.25) is 0 Å². The first-order valence-electron chi connectivity index (χ1n) is 7.64. The molecule has 0 radical (unpaired) electrons. The first-order chi connectivity index (χ1) is 12.7. The number of aliphatic carboxylic acids is 1. The first kappa shape index (κ1) is 20.8. The number of carbonyl (C=O) groups excluding carboxylic acids is 2. The van der Waals surface area contributed by atoms with Gasteiger partial charge in [0, 0.05) is 18.8 Å². The van der Waals surface area contributed by atoms with Gasteiger partial charge in [0.25, 0.3) is 11.1 Å². The van der Waals surface area contributed by atoms with Crippen LogP contribution in [0.4, 0.5) is 23.7 Å². The number of carbonyl (C=O) groups is 3. The summed E-state index contributed by atoms with van der Waals surface area (Å²) in [6, 6.07) is 7.94. The maximum absolute atomic E-state index is 11.5. The number of nitrogens with zero attached hydrogens (tertiary/aromatic N) is 1. The van der Waals surface area contributed by atoms with E-state index in [1.54, 1.807) is 6.08 Å². The van der Waals surface area contributed by atoms with Gasteiger partial charge in [-0.25, -0.2) is 4.79 Å². The zero-order valence-corrected chi connectivity index (χ0v) is 14.6. The maximum Gasteiger partial charge on any atom is 0.490 e. The van der Waals surface area contributed by atoms with Crippen molar-refractivity contribution < 1.29 is 37.4 Å². The third kappa shape index (κ3) is 6.29. The van der Waals surface area contributed by atoms with Gasteiger partial charge in [-0.3, -0.25) is 14.9 Å². The van der Waals surface area contributed by atoms with Crippen molar-refractivity contribution in [1.82, 2.24) is 5.32 Å². The summed E-state index contributed by atoms with van der Waals surface area (Å²) in [5, 5.41) is 9.07. The summed E-state index contributed by atoms with van der Waals surface area (Å²) in [5.74, 6) is -3.08. The second-order valence-corrected chi connectivity index (χ2v) is 6.36. The molecule has 146 valence electrons. The Balaban J connectivity index is 0.000000321. The van der Waals surface area contributed by atoms with Gasteiger partial charge in [-0.15, -0.1) is 0 Å². The molecule has 1 aromatic rings. The van der Waals surface area contributed by atoms with Crippen LogP contribution in [-0.4, -0.2) is 54.7 Å². The number of morpholine rings is 1. The van der Waals surface area contributed by atoms with E-state index in [9.17, 15) is 22.8 Å². The summed E-state index contributed by atoms with van der Waals surface area (Å²) in [5.41, 5.74) is 2.03. The molecule has 0 aromatic heterocycles. The van der Waals surface area contributed by atoms with E-state index in [1.807, 2.05) is 24.3 Å². The number of thioether (sulfide) groups is 1. The van der Waals surface area contributed by atoms with Gasteiger partial charge in [0.1, 0.15) is 0 Å². The van der Waals surface area contributed by atoms with Crippen molar-refractivity contribution in [2.75, 3.05) is 31.2 Å². The van der Waals surface area contributed by atoms with Gasteiger partial charge in [-0.1, -0.05) is 12.1 Å². The predicted octanol–water partition coefficient (Wildman–Crippen LogP) is 2.48. The molecule has 2 heterocycles. The van der Waals surface area contributed by atoms with Crippen molar-refractivity contribution in [2.45, 2.75) is 6.18 Å². The van der Waals surface area contributed by atoms with Crippen LogP contribution in [0.1, 0.15) is 5.56 Å². The van der Waals surface area contributed by atoms with E-state index in [-0.39, 0.29) is 11.1 Å². The minimum absolute atomic E-state index is 0.314. The van der Waals surface area contributed by atoms with Crippen molar-refractivity contribution in [3.63, 3.8) is 0 Å². The summed E-state index contributed by atoms with van der Waals surface area (Å²) in [4.78, 5) is 34.2. The molecule has 11 heteroatoms. The lowest BCUT2D eigenvalue weighted by Gasteiger charge is -2.29. The van der Waals surface area contributed by atoms with Crippen molar-refractivity contribution in [1.29, 1.82) is 0 Å². The molecule has 0 atom stereocenters. The summed E-state index contributed by atoms with van der Waals surface area (Å²) in [6.07, 6.45) is -3.34. The number of alkyl halides is 3. The molecule has 0 unspecified atom stereocenters. The molecule has 2 saturated heterocycles. The minimum Gasteiger partial charge on any atom is -0.475 e. The molecule has 0 bridgehead atoms. The van der Waals surface area contributed by atoms with E-state index in [0.717, 1.165) is 49.3 Å². The molecular weight excluding hydrogens is 389 g/mol. The number of amides is 2. The molecule has 2 N–H and O–H groups in total. The summed E-state index contributed by atoms with van der Waals surface area (Å²) < 4.78 is 37.1. The van der Waals surface area contributed by atoms with E-state index in [0.29, 0.717) is 4.91 Å². The van der Waals surface area contributed by atoms with Crippen LogP contribution in [0.15, 0.2) is 29.2 Å². The molecule has 2 aliphatic heterocycles. The first-order valence-corrected chi connectivity index (χ1v) is 8.46. The van der Waals surface area contributed by atoms with Crippen LogP contribution < -0.4 is 10.2 Å². The number of nitrogens with one attached hydrogen (secondary N) is 1. The molecule has 2 amide bonds. The Morgan fingerprint density at radius 1 is 1.26 bits per heavy atom. The van der Waals surface area contributed by atoms with Crippen LogP contribution in [-0.2, 0) is 14.3 Å². The standard InChI is InChI=1S/C14H14N2O3S.C2HF3O2/c17-13-12(20-14(18)15-13)9-10-2-1-3-11(8-10)16-4-6-19-7-5-16;3-2(4,5)1(6)7/h1-3,8-9H,4-7H2,(H,15,17,18);(H,6,7). The number of hydrogen-bond acceptors (Lipinski definition) is 6. The SMILES string of the molecule is O=C(O)C(F)(F)F.O=C1NC(=O)C(=Cc2cccc(N3CCOCC3)c2)S1. The van der Waals surface area contributed by atoms with Gasteiger partial charge in [0.2, 0.25) is 0 Å².